The molecule has 2 heterocycles. The zero-order valence-corrected chi connectivity index (χ0v) is 28.4. The Labute approximate surface area is 271 Å². The number of carbonyl (C=O) groups excluding carboxylic acids is 2. The molecule has 0 aromatic heterocycles. The molecule has 4 bridgehead atoms. The molecule has 2 aliphatic heterocycles. The fourth-order valence-corrected chi connectivity index (χ4v) is 6.13. The molecule has 1 aromatic carbocycles. The Morgan fingerprint density at radius 1 is 0.860 bits per heavy atom. The number of nitrogens with one attached hydrogen (secondary N) is 1. The molecule has 252 valence electrons. The number of benzene rings is 1. The molecule has 0 unspecified atom stereocenters. The van der Waals surface area contributed by atoms with Crippen molar-refractivity contribution in [1.82, 2.24) is 15.1 Å². The van der Waals surface area contributed by atoms with Gasteiger partial charge in [0, 0.05) is 70.8 Å². The second-order valence-corrected chi connectivity index (χ2v) is 13.5. The van der Waals surface area contributed by atoms with Gasteiger partial charge < -0.3 is 46.4 Å². The summed E-state index contributed by atoms with van der Waals surface area (Å²) in [5, 5.41) is 11.2. The van der Waals surface area contributed by atoms with Crippen molar-refractivity contribution < 1.29 is 55.5 Å². The molecule has 4 fully saturated rings. The van der Waals surface area contributed by atoms with E-state index in [-0.39, 0.29) is 56.2 Å². The minimum Gasteiger partial charge on any atom is -0.444 e. The zero-order valence-electron chi connectivity index (χ0n) is 26.9. The predicted octanol–water partition coefficient (Wildman–Crippen LogP) is 2.86. The van der Waals surface area contributed by atoms with Crippen LogP contribution in [0.15, 0.2) is 30.3 Å². The van der Waals surface area contributed by atoms with Crippen LogP contribution in [-0.4, -0.2) is 93.1 Å². The number of aliphatic hydroxyl groups excluding tert-OH is 1. The number of carbonyl (C=O) groups is 2. The summed E-state index contributed by atoms with van der Waals surface area (Å²) in [6, 6.07) is 11.9. The topological polar surface area (TPSA) is 180 Å². The first-order valence-electron chi connectivity index (χ1n) is 14.8. The van der Waals surface area contributed by atoms with E-state index < -0.39 is 11.2 Å². The van der Waals surface area contributed by atoms with Gasteiger partial charge in [0.25, 0.3) is 0 Å². The minimum atomic E-state index is -0.413. The van der Waals surface area contributed by atoms with E-state index in [0.717, 1.165) is 45.3 Å². The second kappa shape index (κ2) is 17.6. The van der Waals surface area contributed by atoms with Crippen LogP contribution in [0.25, 0.3) is 0 Å². The van der Waals surface area contributed by atoms with Crippen molar-refractivity contribution in [2.75, 3.05) is 19.7 Å². The Morgan fingerprint density at radius 3 is 1.67 bits per heavy atom. The van der Waals surface area contributed by atoms with E-state index in [9.17, 15) is 9.59 Å². The Balaban J connectivity index is 0.000000741. The summed E-state index contributed by atoms with van der Waals surface area (Å²) in [4.78, 5) is 27.8. The molecule has 8 N–H and O–H groups in total. The molecular weight excluding hydrogens is 647 g/mol. The molecule has 2 saturated carbocycles. The number of amides is 2. The van der Waals surface area contributed by atoms with E-state index in [1.165, 1.54) is 5.56 Å². The number of likely N-dealkylation sites (tertiary alicyclic amines) is 2. The normalized spacial score (nSPS) is 26.4. The number of nitrogens with two attached hydrogens (primary N) is 1. The van der Waals surface area contributed by atoms with Crippen molar-refractivity contribution in [2.24, 2.45) is 17.6 Å². The van der Waals surface area contributed by atoms with E-state index in [0.29, 0.717) is 30.0 Å². The number of aliphatic hydroxyl groups is 1. The van der Waals surface area contributed by atoms with Crippen LogP contribution in [0.1, 0.15) is 79.7 Å². The number of rotatable bonds is 3. The third-order valence-electron chi connectivity index (χ3n) is 7.81. The van der Waals surface area contributed by atoms with Crippen LogP contribution < -0.4 is 11.1 Å². The monoisotopic (exact) mass is 702 g/mol. The molecule has 11 nitrogen and oxygen atoms in total. The first-order chi connectivity index (χ1) is 18.7. The standard InChI is InChI=1S/C18H26N2O2.C11H20N2O2.C2H6O.2H2O.Pd/c1-18(2,3)22-17(21)20-12-14-9-15(20)10-16(14)19-11-13-7-5-4-6-8-13;1-11(2,3)15-10(14)13-6-7-4-8(13)5-9(7)12;1-2-3;;;/h4-8,14-16,19H,9-12H2,1-3H3;7-9H,4-6,12H2,1-3H3;3H,2H2,1H3;2*1H2;/t14-,15-,16-;7-,8-,9-;;;;/m11..../s1. The summed E-state index contributed by atoms with van der Waals surface area (Å²) < 4.78 is 10.9. The van der Waals surface area contributed by atoms with Crippen molar-refractivity contribution in [1.29, 1.82) is 0 Å². The number of nitrogens with zero attached hydrogens (tertiary/aromatic N) is 2. The summed E-state index contributed by atoms with van der Waals surface area (Å²) in [6.07, 6.45) is 3.80. The summed E-state index contributed by atoms with van der Waals surface area (Å²) in [6.45, 7) is 15.9. The van der Waals surface area contributed by atoms with Crippen LogP contribution in [0.3, 0.4) is 0 Å². The summed E-state index contributed by atoms with van der Waals surface area (Å²) >= 11 is 0. The van der Waals surface area contributed by atoms with Crippen molar-refractivity contribution >= 4 is 12.2 Å². The van der Waals surface area contributed by atoms with Gasteiger partial charge in [-0.25, -0.2) is 9.59 Å². The molecule has 2 saturated heterocycles. The summed E-state index contributed by atoms with van der Waals surface area (Å²) in [5.74, 6) is 1.05. The van der Waals surface area contributed by atoms with Gasteiger partial charge >= 0.3 is 12.2 Å². The van der Waals surface area contributed by atoms with Gasteiger partial charge in [0.05, 0.1) is 0 Å². The Hall–Kier alpha value is -1.78. The average Bonchev–Trinajstić information content (AvgIpc) is 3.62. The van der Waals surface area contributed by atoms with Crippen LogP contribution >= 0.6 is 0 Å². The summed E-state index contributed by atoms with van der Waals surface area (Å²) in [5.41, 5.74) is 6.43. The van der Waals surface area contributed by atoms with E-state index in [1.54, 1.807) is 6.92 Å². The maximum Gasteiger partial charge on any atom is 0.410 e. The molecule has 2 aliphatic carbocycles. The predicted molar refractivity (Wildman–Crippen MR) is 164 cm³/mol. The molecule has 1 aromatic rings. The van der Waals surface area contributed by atoms with Gasteiger partial charge in [0.1, 0.15) is 11.2 Å². The Morgan fingerprint density at radius 2 is 1.30 bits per heavy atom. The van der Waals surface area contributed by atoms with E-state index in [1.807, 2.05) is 57.4 Å². The van der Waals surface area contributed by atoms with Crippen LogP contribution in [0.4, 0.5) is 9.59 Å². The van der Waals surface area contributed by atoms with Gasteiger partial charge in [-0.3, -0.25) is 0 Å². The van der Waals surface area contributed by atoms with Gasteiger partial charge in [-0.15, -0.1) is 0 Å². The van der Waals surface area contributed by atoms with Crippen LogP contribution in [0.5, 0.6) is 0 Å². The van der Waals surface area contributed by atoms with Gasteiger partial charge in [-0.2, -0.15) is 0 Å². The van der Waals surface area contributed by atoms with Gasteiger partial charge in [-0.05, 0) is 91.5 Å². The summed E-state index contributed by atoms with van der Waals surface area (Å²) in [7, 11) is 0. The van der Waals surface area contributed by atoms with Crippen LogP contribution in [0, 0.1) is 11.8 Å². The first kappa shape index (κ1) is 41.2. The van der Waals surface area contributed by atoms with E-state index in [4.69, 9.17) is 20.3 Å². The number of hydrogen-bond acceptors (Lipinski definition) is 7. The quantitative estimate of drug-likeness (QED) is 0.405. The van der Waals surface area contributed by atoms with Crippen molar-refractivity contribution in [3.8, 4) is 0 Å². The third-order valence-corrected chi connectivity index (χ3v) is 7.81. The first-order valence-corrected chi connectivity index (χ1v) is 14.8. The molecule has 6 atom stereocenters. The van der Waals surface area contributed by atoms with Gasteiger partial charge in [0.2, 0.25) is 0 Å². The average molecular weight is 703 g/mol. The molecule has 0 spiro atoms. The van der Waals surface area contributed by atoms with E-state index in [2.05, 4.69) is 29.6 Å². The third kappa shape index (κ3) is 12.3. The SMILES string of the molecule is CC(C)(C)OC(=O)N1C[C@H]2C[C@@H]1C[C@H]2N.CC(C)(C)OC(=O)N1C[C@H]2C[C@@H]1C[C@H]2NCc1ccccc1.CCO.O.O.[Pd]. The Kier molecular flexibility index (Phi) is 16.9. The van der Waals surface area contributed by atoms with E-state index >= 15 is 0 Å². The largest absolute Gasteiger partial charge is 0.444 e. The van der Waals surface area contributed by atoms with Crippen LogP contribution in [-0.2, 0) is 36.4 Å². The second-order valence-electron chi connectivity index (χ2n) is 13.5. The maximum atomic E-state index is 12.2. The Bertz CT molecular complexity index is 971. The maximum absolute atomic E-state index is 12.2. The molecule has 5 rings (SSSR count). The molecular formula is C31H56N4O7Pd. The van der Waals surface area contributed by atoms with Crippen molar-refractivity contribution in [2.45, 2.75) is 116 Å². The molecule has 12 heteroatoms. The fraction of sp³-hybridized carbons (Fsp3) is 0.742. The van der Waals surface area contributed by atoms with Crippen LogP contribution in [0.2, 0.25) is 0 Å². The van der Waals surface area contributed by atoms with Gasteiger partial charge in [-0.1, -0.05) is 30.3 Å². The zero-order chi connectivity index (χ0) is 29.7. The number of hydrogen-bond donors (Lipinski definition) is 3. The van der Waals surface area contributed by atoms with Gasteiger partial charge in [0.15, 0.2) is 0 Å². The van der Waals surface area contributed by atoms with Crippen molar-refractivity contribution in [3.63, 3.8) is 0 Å². The number of piperidine rings is 2. The smallest absolute Gasteiger partial charge is 0.410 e. The number of ether oxygens (including phenoxy) is 2. The molecule has 0 radical (unpaired) electrons. The molecule has 4 aliphatic rings. The number of fused-ring (bicyclic) bond motifs is 4. The van der Waals surface area contributed by atoms with Crippen molar-refractivity contribution in [3.05, 3.63) is 35.9 Å². The fourth-order valence-electron chi connectivity index (χ4n) is 6.13. The molecule has 2 amide bonds. The minimum absolute atomic E-state index is 0. The molecule has 43 heavy (non-hydrogen) atoms.